The summed E-state index contributed by atoms with van der Waals surface area (Å²) in [6.45, 7) is 7.02. The van der Waals surface area contributed by atoms with Crippen LogP contribution in [-0.2, 0) is 19.4 Å². The van der Waals surface area contributed by atoms with Crippen LogP contribution in [0.4, 0.5) is 0 Å². The largest absolute Gasteiger partial charge is 0.294 e. The highest BCUT2D eigenvalue weighted by atomic mass is 32.2. The number of hydrogen-bond donors (Lipinski definition) is 0. The van der Waals surface area contributed by atoms with Crippen LogP contribution in [0.25, 0.3) is 0 Å². The zero-order valence-corrected chi connectivity index (χ0v) is 12.8. The topological polar surface area (TPSA) is 34.9 Å². The van der Waals surface area contributed by atoms with Crippen LogP contribution < -0.4 is 0 Å². The van der Waals surface area contributed by atoms with Crippen LogP contribution in [0, 0.1) is 0 Å². The first-order chi connectivity index (χ1) is 8.69. The minimum absolute atomic E-state index is 0.236. The van der Waals surface area contributed by atoms with Gasteiger partial charge in [-0.05, 0) is 31.3 Å². The SMILES string of the molecule is CCC(=O)c1c(CC)nn(CCCSC)c1CC. The van der Waals surface area contributed by atoms with E-state index in [1.54, 1.807) is 0 Å². The van der Waals surface area contributed by atoms with Crippen LogP contribution in [0.3, 0.4) is 0 Å². The summed E-state index contributed by atoms with van der Waals surface area (Å²) in [5.41, 5.74) is 2.99. The average Bonchev–Trinajstić information content (AvgIpc) is 2.75. The first kappa shape index (κ1) is 15.3. The van der Waals surface area contributed by atoms with Gasteiger partial charge in [-0.25, -0.2) is 0 Å². The Balaban J connectivity index is 3.04. The molecule has 18 heavy (non-hydrogen) atoms. The molecule has 4 heteroatoms. The zero-order chi connectivity index (χ0) is 13.5. The number of thioether (sulfide) groups is 1. The predicted octanol–water partition coefficient (Wildman–Crippen LogP) is 3.35. The fourth-order valence-electron chi connectivity index (χ4n) is 2.20. The Morgan fingerprint density at radius 3 is 2.50 bits per heavy atom. The Hall–Kier alpha value is -0.770. The lowest BCUT2D eigenvalue weighted by Gasteiger charge is -2.06. The van der Waals surface area contributed by atoms with Gasteiger partial charge < -0.3 is 0 Å². The Labute approximate surface area is 114 Å². The normalized spacial score (nSPS) is 10.9. The quantitative estimate of drug-likeness (QED) is 0.535. The lowest BCUT2D eigenvalue weighted by Crippen LogP contribution is -2.08. The number of aromatic nitrogens is 2. The first-order valence-corrected chi connectivity index (χ1v) is 8.19. The molecule has 0 radical (unpaired) electrons. The molecule has 0 saturated carbocycles. The molecular formula is C14H24N2OS. The van der Waals surface area contributed by atoms with Crippen molar-refractivity contribution in [3.8, 4) is 0 Å². The summed E-state index contributed by atoms with van der Waals surface area (Å²) in [6, 6.07) is 0. The first-order valence-electron chi connectivity index (χ1n) is 6.80. The van der Waals surface area contributed by atoms with Gasteiger partial charge in [0.1, 0.15) is 0 Å². The maximum absolute atomic E-state index is 12.1. The third kappa shape index (κ3) is 3.37. The van der Waals surface area contributed by atoms with Gasteiger partial charge >= 0.3 is 0 Å². The molecule has 3 nitrogen and oxygen atoms in total. The van der Waals surface area contributed by atoms with Crippen LogP contribution in [-0.4, -0.2) is 27.6 Å². The van der Waals surface area contributed by atoms with Gasteiger partial charge in [0.05, 0.1) is 11.3 Å². The number of Topliss-reactive ketones (excluding diaryl/α,β-unsaturated/α-hetero) is 1. The smallest absolute Gasteiger partial charge is 0.166 e. The lowest BCUT2D eigenvalue weighted by atomic mass is 10.0. The van der Waals surface area contributed by atoms with E-state index in [-0.39, 0.29) is 5.78 Å². The highest BCUT2D eigenvalue weighted by molar-refractivity contribution is 7.98. The Kier molecular flexibility index (Phi) is 6.47. The summed E-state index contributed by atoms with van der Waals surface area (Å²) >= 11 is 1.85. The predicted molar refractivity (Wildman–Crippen MR) is 78.6 cm³/mol. The van der Waals surface area contributed by atoms with Crippen molar-refractivity contribution in [1.82, 2.24) is 9.78 Å². The molecule has 0 aliphatic heterocycles. The van der Waals surface area contributed by atoms with Gasteiger partial charge in [0.25, 0.3) is 0 Å². The third-order valence-corrected chi connectivity index (χ3v) is 3.82. The van der Waals surface area contributed by atoms with Crippen LogP contribution in [0.15, 0.2) is 0 Å². The van der Waals surface area contributed by atoms with Gasteiger partial charge in [0.15, 0.2) is 5.78 Å². The second-order valence-corrected chi connectivity index (χ2v) is 5.31. The maximum Gasteiger partial charge on any atom is 0.166 e. The fourth-order valence-corrected chi connectivity index (χ4v) is 2.62. The van der Waals surface area contributed by atoms with Gasteiger partial charge in [-0.3, -0.25) is 9.48 Å². The average molecular weight is 268 g/mol. The van der Waals surface area contributed by atoms with Crippen LogP contribution in [0.1, 0.15) is 55.4 Å². The second-order valence-electron chi connectivity index (χ2n) is 4.32. The van der Waals surface area contributed by atoms with Crippen LogP contribution in [0.5, 0.6) is 0 Å². The molecule has 1 aromatic heterocycles. The molecule has 0 N–H and O–H groups in total. The number of ketones is 1. The van der Waals surface area contributed by atoms with E-state index in [0.29, 0.717) is 6.42 Å². The van der Waals surface area contributed by atoms with E-state index in [1.165, 1.54) is 0 Å². The van der Waals surface area contributed by atoms with E-state index < -0.39 is 0 Å². The number of aryl methyl sites for hydroxylation is 2. The summed E-state index contributed by atoms with van der Waals surface area (Å²) in [7, 11) is 0. The van der Waals surface area contributed by atoms with Gasteiger partial charge in [0.2, 0.25) is 0 Å². The van der Waals surface area contributed by atoms with Crippen LogP contribution >= 0.6 is 11.8 Å². The summed E-state index contributed by atoms with van der Waals surface area (Å²) < 4.78 is 2.05. The standard InChI is InChI=1S/C14H24N2OS/c1-5-11-14(13(17)7-3)12(6-2)16(15-11)9-8-10-18-4/h5-10H2,1-4H3. The molecule has 0 atom stereocenters. The number of nitrogens with zero attached hydrogens (tertiary/aromatic N) is 2. The van der Waals surface area contributed by atoms with Crippen molar-refractivity contribution >= 4 is 17.5 Å². The van der Waals surface area contributed by atoms with Crippen molar-refractivity contribution in [1.29, 1.82) is 0 Å². The van der Waals surface area contributed by atoms with Gasteiger partial charge in [-0.2, -0.15) is 16.9 Å². The molecule has 0 aliphatic rings. The summed E-state index contributed by atoms with van der Waals surface area (Å²) in [5, 5.41) is 4.63. The molecule has 0 fully saturated rings. The van der Waals surface area contributed by atoms with Crippen molar-refractivity contribution < 1.29 is 4.79 Å². The molecule has 0 saturated heterocycles. The monoisotopic (exact) mass is 268 g/mol. The van der Waals surface area contributed by atoms with E-state index >= 15 is 0 Å². The molecule has 0 aliphatic carbocycles. The summed E-state index contributed by atoms with van der Waals surface area (Å²) in [4.78, 5) is 12.1. The zero-order valence-electron chi connectivity index (χ0n) is 12.0. The number of carbonyl (C=O) groups excluding carboxylic acids is 1. The number of carbonyl (C=O) groups is 1. The summed E-state index contributed by atoms with van der Waals surface area (Å²) in [5.74, 6) is 1.38. The molecule has 0 amide bonds. The van der Waals surface area contributed by atoms with Crippen molar-refractivity contribution in [2.45, 2.75) is 53.0 Å². The second kappa shape index (κ2) is 7.62. The summed E-state index contributed by atoms with van der Waals surface area (Å²) in [6.07, 6.45) is 5.51. The Bertz CT molecular complexity index is 399. The van der Waals surface area contributed by atoms with Crippen molar-refractivity contribution in [3.05, 3.63) is 17.0 Å². The van der Waals surface area contributed by atoms with E-state index in [1.807, 2.05) is 18.7 Å². The third-order valence-electron chi connectivity index (χ3n) is 3.12. The molecule has 102 valence electrons. The van der Waals surface area contributed by atoms with E-state index in [9.17, 15) is 4.79 Å². The molecule has 1 rings (SSSR count). The fraction of sp³-hybridized carbons (Fsp3) is 0.714. The molecule has 0 spiro atoms. The number of rotatable bonds is 8. The van der Waals surface area contributed by atoms with E-state index in [2.05, 4.69) is 29.9 Å². The van der Waals surface area contributed by atoms with Gasteiger partial charge in [0, 0.05) is 18.7 Å². The van der Waals surface area contributed by atoms with Gasteiger partial charge in [-0.1, -0.05) is 20.8 Å². The Morgan fingerprint density at radius 1 is 1.28 bits per heavy atom. The molecule has 0 aromatic carbocycles. The van der Waals surface area contributed by atoms with Crippen molar-refractivity contribution in [2.24, 2.45) is 0 Å². The molecule has 1 heterocycles. The van der Waals surface area contributed by atoms with E-state index in [0.717, 1.165) is 48.5 Å². The number of hydrogen-bond acceptors (Lipinski definition) is 3. The van der Waals surface area contributed by atoms with Crippen molar-refractivity contribution in [3.63, 3.8) is 0 Å². The molecular weight excluding hydrogens is 244 g/mol. The van der Waals surface area contributed by atoms with Gasteiger partial charge in [-0.15, -0.1) is 0 Å². The lowest BCUT2D eigenvalue weighted by molar-refractivity contribution is 0.0986. The van der Waals surface area contributed by atoms with E-state index in [4.69, 9.17) is 0 Å². The minimum Gasteiger partial charge on any atom is -0.294 e. The van der Waals surface area contributed by atoms with Crippen LogP contribution in [0.2, 0.25) is 0 Å². The highest BCUT2D eigenvalue weighted by Gasteiger charge is 2.19. The molecule has 0 bridgehead atoms. The maximum atomic E-state index is 12.1. The minimum atomic E-state index is 0.236. The molecule has 0 unspecified atom stereocenters. The van der Waals surface area contributed by atoms with Crippen molar-refractivity contribution in [2.75, 3.05) is 12.0 Å². The highest BCUT2D eigenvalue weighted by Crippen LogP contribution is 2.19. The molecule has 1 aromatic rings. The Morgan fingerprint density at radius 2 is 2.00 bits per heavy atom.